The van der Waals surface area contributed by atoms with Crippen LogP contribution in [0.2, 0.25) is 0 Å². The van der Waals surface area contributed by atoms with E-state index in [2.05, 4.69) is 4.18 Å². The molecule has 0 rings (SSSR count). The summed E-state index contributed by atoms with van der Waals surface area (Å²) >= 11 is 0. The third-order valence-electron chi connectivity index (χ3n) is 0.968. The summed E-state index contributed by atoms with van der Waals surface area (Å²) in [6.45, 7) is 4.04. The number of rotatable bonds is 5. The van der Waals surface area contributed by atoms with Crippen molar-refractivity contribution in [3.8, 4) is 0 Å². The molecule has 0 saturated heterocycles. The molecular formula is C6H14O4S. The van der Waals surface area contributed by atoms with Gasteiger partial charge in [-0.1, -0.05) is 6.92 Å². The summed E-state index contributed by atoms with van der Waals surface area (Å²) < 4.78 is 30.7. The van der Waals surface area contributed by atoms with E-state index >= 15 is 0 Å². The van der Waals surface area contributed by atoms with E-state index in [4.69, 9.17) is 4.74 Å². The molecule has 0 amide bonds. The molecule has 0 aliphatic heterocycles. The highest BCUT2D eigenvalue weighted by molar-refractivity contribution is 7.86. The molecule has 5 heteroatoms. The zero-order chi connectivity index (χ0) is 8.91. The second-order valence-electron chi connectivity index (χ2n) is 2.09. The molecule has 0 aliphatic rings. The molecule has 1 unspecified atom stereocenters. The summed E-state index contributed by atoms with van der Waals surface area (Å²) in [6, 6.07) is 0. The van der Waals surface area contributed by atoms with Crippen LogP contribution in [0, 0.1) is 0 Å². The van der Waals surface area contributed by atoms with Crippen LogP contribution in [0.3, 0.4) is 0 Å². The fourth-order valence-corrected chi connectivity index (χ4v) is 1.18. The Morgan fingerprint density at radius 2 is 1.91 bits per heavy atom. The molecule has 1 atom stereocenters. The van der Waals surface area contributed by atoms with Gasteiger partial charge in [0, 0.05) is 6.61 Å². The normalized spacial score (nSPS) is 14.8. The van der Waals surface area contributed by atoms with Crippen molar-refractivity contribution in [2.24, 2.45) is 0 Å². The van der Waals surface area contributed by atoms with Crippen molar-refractivity contribution in [2.75, 3.05) is 12.9 Å². The molecule has 0 aromatic carbocycles. The van der Waals surface area contributed by atoms with E-state index in [0.29, 0.717) is 13.0 Å². The van der Waals surface area contributed by atoms with Crippen LogP contribution in [0.1, 0.15) is 20.3 Å². The van der Waals surface area contributed by atoms with Gasteiger partial charge in [-0.3, -0.25) is 0 Å². The molecule has 0 aromatic rings. The van der Waals surface area contributed by atoms with Crippen molar-refractivity contribution in [3.05, 3.63) is 0 Å². The first-order chi connectivity index (χ1) is 4.99. The largest absolute Gasteiger partial charge is 0.352 e. The first kappa shape index (κ1) is 10.9. The lowest BCUT2D eigenvalue weighted by Crippen LogP contribution is -2.19. The SMILES string of the molecule is CCOC(CC)OS(C)(=O)=O. The van der Waals surface area contributed by atoms with Gasteiger partial charge in [0.2, 0.25) is 0 Å². The van der Waals surface area contributed by atoms with Gasteiger partial charge in [-0.2, -0.15) is 8.42 Å². The van der Waals surface area contributed by atoms with Gasteiger partial charge in [0.05, 0.1) is 6.26 Å². The van der Waals surface area contributed by atoms with E-state index in [-0.39, 0.29) is 0 Å². The summed E-state index contributed by atoms with van der Waals surface area (Å²) in [5.41, 5.74) is 0. The van der Waals surface area contributed by atoms with Crippen molar-refractivity contribution in [3.63, 3.8) is 0 Å². The Morgan fingerprint density at radius 3 is 2.18 bits per heavy atom. The zero-order valence-corrected chi connectivity index (χ0v) is 7.85. The number of hydrogen-bond donors (Lipinski definition) is 0. The van der Waals surface area contributed by atoms with E-state index < -0.39 is 16.4 Å². The Morgan fingerprint density at radius 1 is 1.36 bits per heavy atom. The van der Waals surface area contributed by atoms with E-state index in [9.17, 15) is 8.42 Å². The van der Waals surface area contributed by atoms with Crippen LogP contribution in [0.5, 0.6) is 0 Å². The van der Waals surface area contributed by atoms with Gasteiger partial charge in [-0.05, 0) is 13.3 Å². The smallest absolute Gasteiger partial charge is 0.266 e. The van der Waals surface area contributed by atoms with Gasteiger partial charge in [0.15, 0.2) is 6.29 Å². The standard InChI is InChI=1S/C6H14O4S/c1-4-6(9-5-2)10-11(3,7)8/h6H,4-5H2,1-3H3. The minimum absolute atomic E-state index is 0.452. The van der Waals surface area contributed by atoms with Crippen LogP contribution in [0.4, 0.5) is 0 Å². The molecule has 0 fully saturated rings. The topological polar surface area (TPSA) is 52.6 Å². The second kappa shape index (κ2) is 4.69. The lowest BCUT2D eigenvalue weighted by atomic mass is 10.5. The van der Waals surface area contributed by atoms with Gasteiger partial charge in [-0.25, -0.2) is 4.18 Å². The van der Waals surface area contributed by atoms with Crippen molar-refractivity contribution in [1.29, 1.82) is 0 Å². The predicted octanol–water partition coefficient (Wildman–Crippen LogP) is 0.735. The fraction of sp³-hybridized carbons (Fsp3) is 1.00. The van der Waals surface area contributed by atoms with Crippen LogP contribution in [-0.4, -0.2) is 27.6 Å². The highest BCUT2D eigenvalue weighted by Gasteiger charge is 2.12. The van der Waals surface area contributed by atoms with Crippen molar-refractivity contribution in [2.45, 2.75) is 26.6 Å². The average molecular weight is 182 g/mol. The summed E-state index contributed by atoms with van der Waals surface area (Å²) in [6.07, 6.45) is 0.908. The van der Waals surface area contributed by atoms with Gasteiger partial charge < -0.3 is 4.74 Å². The quantitative estimate of drug-likeness (QED) is 0.464. The first-order valence-corrected chi connectivity index (χ1v) is 5.31. The van der Waals surface area contributed by atoms with Gasteiger partial charge in [0.25, 0.3) is 10.1 Å². The Labute approximate surface area is 67.6 Å². The minimum Gasteiger partial charge on any atom is -0.352 e. The lowest BCUT2D eigenvalue weighted by molar-refractivity contribution is -0.0721. The highest BCUT2D eigenvalue weighted by atomic mass is 32.2. The van der Waals surface area contributed by atoms with Crippen molar-refractivity contribution in [1.82, 2.24) is 0 Å². The van der Waals surface area contributed by atoms with E-state index in [1.54, 1.807) is 13.8 Å². The van der Waals surface area contributed by atoms with Crippen LogP contribution in [0.15, 0.2) is 0 Å². The molecule has 68 valence electrons. The third-order valence-corrected chi connectivity index (χ3v) is 1.53. The first-order valence-electron chi connectivity index (χ1n) is 3.49. The number of ether oxygens (including phenoxy) is 1. The minimum atomic E-state index is -3.38. The van der Waals surface area contributed by atoms with Gasteiger partial charge in [-0.15, -0.1) is 0 Å². The predicted molar refractivity (Wildman–Crippen MR) is 41.6 cm³/mol. The Bertz CT molecular complexity index is 185. The Balaban J connectivity index is 3.88. The second-order valence-corrected chi connectivity index (χ2v) is 3.69. The average Bonchev–Trinajstić information content (AvgIpc) is 1.84. The van der Waals surface area contributed by atoms with Gasteiger partial charge in [0.1, 0.15) is 0 Å². The molecule has 0 aromatic heterocycles. The summed E-state index contributed by atoms with van der Waals surface area (Å²) in [5.74, 6) is 0. The van der Waals surface area contributed by atoms with Gasteiger partial charge >= 0.3 is 0 Å². The molecule has 4 nitrogen and oxygen atoms in total. The van der Waals surface area contributed by atoms with E-state index in [0.717, 1.165) is 6.26 Å². The molecule has 0 bridgehead atoms. The van der Waals surface area contributed by atoms with Crippen LogP contribution < -0.4 is 0 Å². The maximum atomic E-state index is 10.6. The summed E-state index contributed by atoms with van der Waals surface area (Å²) in [4.78, 5) is 0. The third kappa shape index (κ3) is 6.28. The monoisotopic (exact) mass is 182 g/mol. The molecule has 0 aliphatic carbocycles. The maximum absolute atomic E-state index is 10.6. The molecule has 0 heterocycles. The van der Waals surface area contributed by atoms with Crippen molar-refractivity contribution < 1.29 is 17.3 Å². The summed E-state index contributed by atoms with van der Waals surface area (Å²) in [7, 11) is -3.38. The molecule has 0 spiro atoms. The molecule has 0 saturated carbocycles. The van der Waals surface area contributed by atoms with Crippen LogP contribution in [0.25, 0.3) is 0 Å². The fourth-order valence-electron chi connectivity index (χ4n) is 0.595. The van der Waals surface area contributed by atoms with Crippen LogP contribution in [-0.2, 0) is 19.0 Å². The highest BCUT2D eigenvalue weighted by Crippen LogP contribution is 2.03. The molecular weight excluding hydrogens is 168 g/mol. The molecule has 0 radical (unpaired) electrons. The lowest BCUT2D eigenvalue weighted by Gasteiger charge is -2.12. The molecule has 11 heavy (non-hydrogen) atoms. The maximum Gasteiger partial charge on any atom is 0.266 e. The Kier molecular flexibility index (Phi) is 4.63. The Hall–Kier alpha value is -0.130. The van der Waals surface area contributed by atoms with Crippen molar-refractivity contribution >= 4 is 10.1 Å². The number of hydrogen-bond acceptors (Lipinski definition) is 4. The van der Waals surface area contributed by atoms with Crippen LogP contribution >= 0.6 is 0 Å². The molecule has 0 N–H and O–H groups in total. The van der Waals surface area contributed by atoms with E-state index in [1.807, 2.05) is 0 Å². The zero-order valence-electron chi connectivity index (χ0n) is 7.03. The summed E-state index contributed by atoms with van der Waals surface area (Å²) in [5, 5.41) is 0. The van der Waals surface area contributed by atoms with E-state index in [1.165, 1.54) is 0 Å².